The fourth-order valence-electron chi connectivity index (χ4n) is 1.19. The standard InChI is InChI=1S/C12H11F3O3/c1-2-17-11(16)6-4-8-3-5-9(13)7-10(8)18-12(14)15/h3-7,12H,2H2,1H3. The van der Waals surface area contributed by atoms with Crippen molar-refractivity contribution in [3.8, 4) is 5.75 Å². The predicted octanol–water partition coefficient (Wildman–Crippen LogP) is 3.00. The molecule has 1 rings (SSSR count). The molecule has 6 heteroatoms. The zero-order valence-electron chi connectivity index (χ0n) is 9.53. The molecule has 1 aromatic rings. The van der Waals surface area contributed by atoms with Gasteiger partial charge in [-0.3, -0.25) is 0 Å². The summed E-state index contributed by atoms with van der Waals surface area (Å²) in [6.45, 7) is -1.23. The highest BCUT2D eigenvalue weighted by Crippen LogP contribution is 2.23. The van der Waals surface area contributed by atoms with Crippen molar-refractivity contribution in [2.45, 2.75) is 13.5 Å². The number of carbonyl (C=O) groups excluding carboxylic acids is 1. The van der Waals surface area contributed by atoms with Crippen molar-refractivity contribution in [1.82, 2.24) is 0 Å². The van der Waals surface area contributed by atoms with Gasteiger partial charge < -0.3 is 9.47 Å². The Kier molecular flexibility index (Phi) is 5.23. The monoisotopic (exact) mass is 260 g/mol. The van der Waals surface area contributed by atoms with E-state index in [1.807, 2.05) is 0 Å². The first kappa shape index (κ1) is 14.1. The minimum absolute atomic E-state index is 0.157. The van der Waals surface area contributed by atoms with Crippen LogP contribution in [0.1, 0.15) is 12.5 Å². The van der Waals surface area contributed by atoms with Crippen LogP contribution in [0.5, 0.6) is 5.75 Å². The Labute approximate surface area is 102 Å². The second-order valence-electron chi connectivity index (χ2n) is 3.15. The average molecular weight is 260 g/mol. The van der Waals surface area contributed by atoms with Crippen LogP contribution in [0.4, 0.5) is 13.2 Å². The van der Waals surface area contributed by atoms with Crippen molar-refractivity contribution in [1.29, 1.82) is 0 Å². The highest BCUT2D eigenvalue weighted by molar-refractivity contribution is 5.87. The molecule has 0 radical (unpaired) electrons. The number of alkyl halides is 2. The van der Waals surface area contributed by atoms with Crippen LogP contribution in [-0.4, -0.2) is 19.2 Å². The summed E-state index contributed by atoms with van der Waals surface area (Å²) in [5.74, 6) is -1.67. The van der Waals surface area contributed by atoms with Crippen LogP contribution in [0.15, 0.2) is 24.3 Å². The van der Waals surface area contributed by atoms with Gasteiger partial charge in [0.05, 0.1) is 6.61 Å². The lowest BCUT2D eigenvalue weighted by Gasteiger charge is -2.07. The Hall–Kier alpha value is -1.98. The average Bonchev–Trinajstić information content (AvgIpc) is 2.27. The fourth-order valence-corrected chi connectivity index (χ4v) is 1.19. The maximum Gasteiger partial charge on any atom is 0.387 e. The molecule has 0 saturated carbocycles. The van der Waals surface area contributed by atoms with Gasteiger partial charge in [0.15, 0.2) is 0 Å². The van der Waals surface area contributed by atoms with Gasteiger partial charge >= 0.3 is 12.6 Å². The highest BCUT2D eigenvalue weighted by atomic mass is 19.3. The van der Waals surface area contributed by atoms with E-state index in [2.05, 4.69) is 9.47 Å². The third kappa shape index (κ3) is 4.48. The van der Waals surface area contributed by atoms with Crippen molar-refractivity contribution in [2.24, 2.45) is 0 Å². The molecule has 0 aromatic heterocycles. The van der Waals surface area contributed by atoms with E-state index in [1.165, 1.54) is 12.1 Å². The Bertz CT molecular complexity index is 444. The van der Waals surface area contributed by atoms with Crippen molar-refractivity contribution >= 4 is 12.0 Å². The van der Waals surface area contributed by atoms with E-state index in [-0.39, 0.29) is 17.9 Å². The molecule has 0 fully saturated rings. The van der Waals surface area contributed by atoms with E-state index in [4.69, 9.17) is 0 Å². The van der Waals surface area contributed by atoms with Gasteiger partial charge in [-0.25, -0.2) is 9.18 Å². The highest BCUT2D eigenvalue weighted by Gasteiger charge is 2.09. The minimum Gasteiger partial charge on any atom is -0.463 e. The number of rotatable bonds is 5. The lowest BCUT2D eigenvalue weighted by Crippen LogP contribution is -2.04. The maximum absolute atomic E-state index is 12.9. The molecule has 0 N–H and O–H groups in total. The molecule has 3 nitrogen and oxygen atoms in total. The second-order valence-corrected chi connectivity index (χ2v) is 3.15. The lowest BCUT2D eigenvalue weighted by molar-refractivity contribution is -0.137. The number of esters is 1. The first-order valence-corrected chi connectivity index (χ1v) is 5.12. The first-order valence-electron chi connectivity index (χ1n) is 5.12. The van der Waals surface area contributed by atoms with Gasteiger partial charge in [-0.05, 0) is 25.1 Å². The largest absolute Gasteiger partial charge is 0.463 e. The van der Waals surface area contributed by atoms with Crippen LogP contribution in [-0.2, 0) is 9.53 Å². The number of benzene rings is 1. The van der Waals surface area contributed by atoms with Crippen LogP contribution >= 0.6 is 0 Å². The van der Waals surface area contributed by atoms with Gasteiger partial charge in [-0.2, -0.15) is 8.78 Å². The van der Waals surface area contributed by atoms with Gasteiger partial charge in [0, 0.05) is 17.7 Å². The molecule has 0 aliphatic carbocycles. The summed E-state index contributed by atoms with van der Waals surface area (Å²) in [5.41, 5.74) is 0.157. The summed E-state index contributed by atoms with van der Waals surface area (Å²) in [6, 6.07) is 3.11. The SMILES string of the molecule is CCOC(=O)C=Cc1ccc(F)cc1OC(F)F. The molecule has 1 aromatic carbocycles. The Morgan fingerprint density at radius 2 is 2.17 bits per heavy atom. The topological polar surface area (TPSA) is 35.5 Å². The van der Waals surface area contributed by atoms with Crippen LogP contribution in [0.25, 0.3) is 6.08 Å². The quantitative estimate of drug-likeness (QED) is 0.603. The van der Waals surface area contributed by atoms with Gasteiger partial charge in [0.1, 0.15) is 11.6 Å². The molecular weight excluding hydrogens is 249 g/mol. The van der Waals surface area contributed by atoms with Crippen LogP contribution in [0.3, 0.4) is 0 Å². The van der Waals surface area contributed by atoms with Crippen LogP contribution in [0, 0.1) is 5.82 Å². The first-order chi connectivity index (χ1) is 8.52. The maximum atomic E-state index is 12.9. The summed E-state index contributed by atoms with van der Waals surface area (Å²) in [7, 11) is 0. The zero-order valence-corrected chi connectivity index (χ0v) is 9.53. The van der Waals surface area contributed by atoms with E-state index in [0.29, 0.717) is 0 Å². The smallest absolute Gasteiger partial charge is 0.387 e. The summed E-state index contributed by atoms with van der Waals surface area (Å²) >= 11 is 0. The molecular formula is C12H11F3O3. The van der Waals surface area contributed by atoms with Crippen molar-refractivity contribution < 1.29 is 27.4 Å². The molecule has 0 heterocycles. The van der Waals surface area contributed by atoms with Crippen molar-refractivity contribution in [3.63, 3.8) is 0 Å². The molecule has 0 aliphatic heterocycles. The normalized spacial score (nSPS) is 10.9. The summed E-state index contributed by atoms with van der Waals surface area (Å²) < 4.78 is 45.8. The molecule has 18 heavy (non-hydrogen) atoms. The summed E-state index contributed by atoms with van der Waals surface area (Å²) in [4.78, 5) is 11.0. The minimum atomic E-state index is -3.07. The molecule has 0 spiro atoms. The molecule has 0 aliphatic rings. The number of hydrogen-bond acceptors (Lipinski definition) is 3. The molecule has 0 atom stereocenters. The lowest BCUT2D eigenvalue weighted by atomic mass is 10.2. The number of ether oxygens (including phenoxy) is 2. The molecule has 98 valence electrons. The van der Waals surface area contributed by atoms with Crippen LogP contribution in [0.2, 0.25) is 0 Å². The van der Waals surface area contributed by atoms with E-state index in [0.717, 1.165) is 18.2 Å². The Balaban J connectivity index is 2.90. The van der Waals surface area contributed by atoms with E-state index in [1.54, 1.807) is 6.92 Å². The zero-order chi connectivity index (χ0) is 13.5. The van der Waals surface area contributed by atoms with E-state index in [9.17, 15) is 18.0 Å². The Morgan fingerprint density at radius 3 is 2.78 bits per heavy atom. The predicted molar refractivity (Wildman–Crippen MR) is 58.7 cm³/mol. The van der Waals surface area contributed by atoms with Gasteiger partial charge in [-0.15, -0.1) is 0 Å². The third-order valence-corrected chi connectivity index (χ3v) is 1.88. The van der Waals surface area contributed by atoms with Crippen molar-refractivity contribution in [3.05, 3.63) is 35.7 Å². The fraction of sp³-hybridized carbons (Fsp3) is 0.250. The third-order valence-electron chi connectivity index (χ3n) is 1.88. The number of hydrogen-bond donors (Lipinski definition) is 0. The van der Waals surface area contributed by atoms with Gasteiger partial charge in [0.25, 0.3) is 0 Å². The van der Waals surface area contributed by atoms with Gasteiger partial charge in [0.2, 0.25) is 0 Å². The molecule has 0 amide bonds. The molecule has 0 unspecified atom stereocenters. The van der Waals surface area contributed by atoms with E-state index < -0.39 is 18.4 Å². The summed E-state index contributed by atoms with van der Waals surface area (Å²) in [5, 5.41) is 0. The van der Waals surface area contributed by atoms with Crippen molar-refractivity contribution in [2.75, 3.05) is 6.61 Å². The number of halogens is 3. The second kappa shape index (κ2) is 6.68. The molecule has 0 saturated heterocycles. The van der Waals surface area contributed by atoms with Gasteiger partial charge in [-0.1, -0.05) is 0 Å². The summed E-state index contributed by atoms with van der Waals surface area (Å²) in [6.07, 6.45) is 2.27. The number of carbonyl (C=O) groups is 1. The Morgan fingerprint density at radius 1 is 1.44 bits per heavy atom. The van der Waals surface area contributed by atoms with E-state index >= 15 is 0 Å². The van der Waals surface area contributed by atoms with Crippen LogP contribution < -0.4 is 4.74 Å². The molecule has 0 bridgehead atoms.